The Morgan fingerprint density at radius 1 is 0.577 bits per heavy atom. The summed E-state index contributed by atoms with van der Waals surface area (Å²) in [5, 5.41) is 18.7. The van der Waals surface area contributed by atoms with Crippen molar-refractivity contribution >= 4 is 29.6 Å². The molecular weight excluding hydrogens is 321 g/mol. The minimum atomic E-state index is -1.46. The summed E-state index contributed by atoms with van der Waals surface area (Å²) >= 11 is 0. The quantitative estimate of drug-likeness (QED) is 0.701. The average Bonchev–Trinajstić information content (AvgIpc) is 2.62. The summed E-state index contributed by atoms with van der Waals surface area (Å²) in [5.41, 5.74) is 8.59. The Hall–Kier alpha value is -2.56. The zero-order valence-corrected chi connectivity index (χ0v) is 15.7. The van der Waals surface area contributed by atoms with Crippen LogP contribution in [-0.2, 0) is 0 Å². The number of hydrogen-bond donors (Lipinski definition) is 2. The Kier molecular flexibility index (Phi) is 5.17. The van der Waals surface area contributed by atoms with Gasteiger partial charge in [0, 0.05) is 17.1 Å². The van der Waals surface area contributed by atoms with Gasteiger partial charge in [0.15, 0.2) is 0 Å². The van der Waals surface area contributed by atoms with Gasteiger partial charge in [-0.15, -0.1) is 0 Å². The maximum absolute atomic E-state index is 9.36. The topological polar surface area (TPSA) is 43.7 Å². The largest absolute Gasteiger partial charge is 0.488 e. The van der Waals surface area contributed by atoms with Crippen LogP contribution in [0.3, 0.4) is 0 Å². The fourth-order valence-electron chi connectivity index (χ4n) is 2.97. The first-order valence-corrected chi connectivity index (χ1v) is 8.77. The molecular formula is C22H24BNO2. The highest BCUT2D eigenvalue weighted by Crippen LogP contribution is 2.35. The lowest BCUT2D eigenvalue weighted by Crippen LogP contribution is -2.29. The number of rotatable bonds is 4. The molecule has 2 N–H and O–H groups in total. The second-order valence-corrected chi connectivity index (χ2v) is 6.84. The molecule has 0 unspecified atom stereocenters. The van der Waals surface area contributed by atoms with Gasteiger partial charge in [-0.3, -0.25) is 0 Å². The molecule has 26 heavy (non-hydrogen) atoms. The molecule has 0 aromatic heterocycles. The van der Waals surface area contributed by atoms with Crippen LogP contribution in [-0.4, -0.2) is 17.2 Å². The second-order valence-electron chi connectivity index (χ2n) is 6.84. The third-order valence-corrected chi connectivity index (χ3v) is 4.95. The van der Waals surface area contributed by atoms with Crippen molar-refractivity contribution in [2.75, 3.05) is 4.90 Å². The van der Waals surface area contributed by atoms with Crippen LogP contribution in [0.1, 0.15) is 22.3 Å². The van der Waals surface area contributed by atoms with Crippen molar-refractivity contribution in [3.8, 4) is 0 Å². The van der Waals surface area contributed by atoms with Crippen molar-refractivity contribution in [3.63, 3.8) is 0 Å². The number of anilines is 3. The SMILES string of the molecule is Cc1ccc(N(c2ccc(B(O)O)cc2)c2ccc(C)c(C)c2)cc1C. The molecule has 0 heterocycles. The van der Waals surface area contributed by atoms with E-state index in [9.17, 15) is 10.0 Å². The molecule has 3 aromatic carbocycles. The van der Waals surface area contributed by atoms with E-state index in [4.69, 9.17) is 0 Å². The Balaban J connectivity index is 2.14. The lowest BCUT2D eigenvalue weighted by atomic mass is 9.80. The first-order chi connectivity index (χ1) is 12.4. The molecule has 0 fully saturated rings. The third-order valence-electron chi connectivity index (χ3n) is 4.95. The fraction of sp³-hybridized carbons (Fsp3) is 0.182. The first kappa shape index (κ1) is 18.2. The van der Waals surface area contributed by atoms with Gasteiger partial charge >= 0.3 is 7.12 Å². The molecule has 0 spiro atoms. The van der Waals surface area contributed by atoms with Crippen LogP contribution in [0.2, 0.25) is 0 Å². The summed E-state index contributed by atoms with van der Waals surface area (Å²) in [4.78, 5) is 2.19. The summed E-state index contributed by atoms with van der Waals surface area (Å²) in [5.74, 6) is 0. The van der Waals surface area contributed by atoms with Crippen LogP contribution in [0.4, 0.5) is 17.1 Å². The maximum Gasteiger partial charge on any atom is 0.488 e. The minimum absolute atomic E-state index is 0.480. The molecule has 0 bridgehead atoms. The van der Waals surface area contributed by atoms with E-state index >= 15 is 0 Å². The molecule has 3 rings (SSSR count). The van der Waals surface area contributed by atoms with Gasteiger partial charge in [0.1, 0.15) is 0 Å². The maximum atomic E-state index is 9.36. The van der Waals surface area contributed by atoms with E-state index in [1.54, 1.807) is 12.1 Å². The Labute approximate surface area is 155 Å². The Morgan fingerprint density at radius 3 is 1.38 bits per heavy atom. The van der Waals surface area contributed by atoms with E-state index < -0.39 is 7.12 Å². The zero-order chi connectivity index (χ0) is 18.8. The van der Waals surface area contributed by atoms with Gasteiger partial charge < -0.3 is 14.9 Å². The summed E-state index contributed by atoms with van der Waals surface area (Å²) in [6, 6.07) is 20.2. The molecule has 0 atom stereocenters. The van der Waals surface area contributed by atoms with E-state index in [0.717, 1.165) is 17.1 Å². The van der Waals surface area contributed by atoms with Gasteiger partial charge in [0.2, 0.25) is 0 Å². The van der Waals surface area contributed by atoms with Crippen LogP contribution in [0.5, 0.6) is 0 Å². The number of aryl methyl sites for hydroxylation is 4. The molecule has 4 heteroatoms. The lowest BCUT2D eigenvalue weighted by Gasteiger charge is -2.27. The zero-order valence-electron chi connectivity index (χ0n) is 15.7. The molecule has 3 nitrogen and oxygen atoms in total. The van der Waals surface area contributed by atoms with Crippen LogP contribution >= 0.6 is 0 Å². The van der Waals surface area contributed by atoms with E-state index in [2.05, 4.69) is 69.0 Å². The fourth-order valence-corrected chi connectivity index (χ4v) is 2.97. The molecule has 0 aliphatic heterocycles. The van der Waals surface area contributed by atoms with Crippen molar-refractivity contribution < 1.29 is 10.0 Å². The van der Waals surface area contributed by atoms with Gasteiger partial charge in [-0.2, -0.15) is 0 Å². The summed E-state index contributed by atoms with van der Waals surface area (Å²) in [6.07, 6.45) is 0. The predicted octanol–water partition coefficient (Wildman–Crippen LogP) is 4.07. The second kappa shape index (κ2) is 7.36. The normalized spacial score (nSPS) is 10.7. The van der Waals surface area contributed by atoms with Crippen LogP contribution in [0, 0.1) is 27.7 Å². The van der Waals surface area contributed by atoms with Crippen molar-refractivity contribution in [1.82, 2.24) is 0 Å². The Morgan fingerprint density at radius 2 is 1.00 bits per heavy atom. The molecule has 132 valence electrons. The van der Waals surface area contributed by atoms with Crippen LogP contribution in [0.25, 0.3) is 0 Å². The molecule has 3 aromatic rings. The highest BCUT2D eigenvalue weighted by atomic mass is 16.4. The summed E-state index contributed by atoms with van der Waals surface area (Å²) < 4.78 is 0. The van der Waals surface area contributed by atoms with E-state index in [-0.39, 0.29) is 0 Å². The average molecular weight is 345 g/mol. The summed E-state index contributed by atoms with van der Waals surface area (Å²) in [6.45, 7) is 8.44. The van der Waals surface area contributed by atoms with Crippen molar-refractivity contribution in [1.29, 1.82) is 0 Å². The molecule has 0 radical (unpaired) electrons. The molecule has 0 amide bonds. The van der Waals surface area contributed by atoms with Gasteiger partial charge in [-0.05, 0) is 91.8 Å². The van der Waals surface area contributed by atoms with E-state index in [1.165, 1.54) is 22.3 Å². The highest BCUT2D eigenvalue weighted by molar-refractivity contribution is 6.58. The minimum Gasteiger partial charge on any atom is -0.423 e. The van der Waals surface area contributed by atoms with Crippen molar-refractivity contribution in [3.05, 3.63) is 82.9 Å². The van der Waals surface area contributed by atoms with E-state index in [0.29, 0.717) is 5.46 Å². The van der Waals surface area contributed by atoms with Crippen LogP contribution < -0.4 is 10.4 Å². The predicted molar refractivity (Wildman–Crippen MR) is 110 cm³/mol. The van der Waals surface area contributed by atoms with Gasteiger partial charge in [0.05, 0.1) is 0 Å². The molecule has 0 aliphatic rings. The van der Waals surface area contributed by atoms with Crippen LogP contribution in [0.15, 0.2) is 60.7 Å². The Bertz CT molecular complexity index is 868. The van der Waals surface area contributed by atoms with Crippen molar-refractivity contribution in [2.24, 2.45) is 0 Å². The smallest absolute Gasteiger partial charge is 0.423 e. The van der Waals surface area contributed by atoms with Gasteiger partial charge in [0.25, 0.3) is 0 Å². The van der Waals surface area contributed by atoms with Gasteiger partial charge in [-0.25, -0.2) is 0 Å². The number of hydrogen-bond acceptors (Lipinski definition) is 3. The monoisotopic (exact) mass is 345 g/mol. The standard InChI is InChI=1S/C22H24BNO2/c1-15-5-9-21(13-17(15)3)24(22-10-6-16(2)18(4)14-22)20-11-7-19(8-12-20)23(25)26/h5-14,25-26H,1-4H3. The third kappa shape index (κ3) is 3.67. The van der Waals surface area contributed by atoms with E-state index in [1.807, 2.05) is 12.1 Å². The first-order valence-electron chi connectivity index (χ1n) is 8.77. The van der Waals surface area contributed by atoms with Crippen molar-refractivity contribution in [2.45, 2.75) is 27.7 Å². The number of nitrogens with zero attached hydrogens (tertiary/aromatic N) is 1. The van der Waals surface area contributed by atoms with Gasteiger partial charge in [-0.1, -0.05) is 24.3 Å². The molecule has 0 saturated heterocycles. The highest BCUT2D eigenvalue weighted by Gasteiger charge is 2.16. The number of benzene rings is 3. The summed E-state index contributed by atoms with van der Waals surface area (Å²) in [7, 11) is -1.46. The molecule has 0 aliphatic carbocycles. The molecule has 0 saturated carbocycles. The lowest BCUT2D eigenvalue weighted by molar-refractivity contribution is 0.426.